The zero-order valence-corrected chi connectivity index (χ0v) is 14.3. The van der Waals surface area contributed by atoms with Crippen LogP contribution in [-0.4, -0.2) is 63.8 Å². The van der Waals surface area contributed by atoms with Gasteiger partial charge in [-0.15, -0.1) is 0 Å². The van der Waals surface area contributed by atoms with Crippen LogP contribution in [0, 0.1) is 0 Å². The van der Waals surface area contributed by atoms with Gasteiger partial charge in [0.05, 0.1) is 6.61 Å². The van der Waals surface area contributed by atoms with Crippen molar-refractivity contribution in [3.8, 4) is 0 Å². The third-order valence-electron chi connectivity index (χ3n) is 2.32. The van der Waals surface area contributed by atoms with Gasteiger partial charge in [-0.2, -0.15) is 0 Å². The molecule has 0 aromatic carbocycles. The van der Waals surface area contributed by atoms with Gasteiger partial charge in [0.25, 0.3) is 0 Å². The van der Waals surface area contributed by atoms with Crippen LogP contribution >= 0.6 is 0 Å². The minimum Gasteiger partial charge on any atom is -0.380 e. The van der Waals surface area contributed by atoms with Crippen LogP contribution in [0.2, 0.25) is 0 Å². The highest BCUT2D eigenvalue weighted by Gasteiger charge is 1.91. The molecule has 0 aromatic rings. The van der Waals surface area contributed by atoms with Gasteiger partial charge in [0, 0.05) is 13.2 Å². The number of likely N-dealkylation sites (N-methyl/N-ethyl adjacent to an activating group) is 1. The van der Waals surface area contributed by atoms with Crippen LogP contribution in [0.4, 0.5) is 0 Å². The van der Waals surface area contributed by atoms with Gasteiger partial charge >= 0.3 is 0 Å². The minimum absolute atomic E-state index is 0.831. The first kappa shape index (κ1) is 23.0. The Bertz CT molecular complexity index is 119. The second kappa shape index (κ2) is 22.1. The molecular weight excluding hydrogens is 224 g/mol. The van der Waals surface area contributed by atoms with E-state index in [0.29, 0.717) is 0 Å². The van der Waals surface area contributed by atoms with Gasteiger partial charge in [0.1, 0.15) is 0 Å². The smallest absolute Gasteiger partial charge is 0.0593 e. The molecule has 0 spiro atoms. The first-order valence-corrected chi connectivity index (χ1v) is 7.49. The Hall–Kier alpha value is -0.120. The van der Waals surface area contributed by atoms with Gasteiger partial charge in [-0.05, 0) is 47.6 Å². The maximum absolute atomic E-state index is 5.16. The maximum atomic E-state index is 5.16. The number of nitrogens with zero attached hydrogens (tertiary/aromatic N) is 2. The zero-order valence-electron chi connectivity index (χ0n) is 14.3. The highest BCUT2D eigenvalue weighted by Crippen LogP contribution is 1.86. The third-order valence-corrected chi connectivity index (χ3v) is 2.32. The largest absolute Gasteiger partial charge is 0.380 e. The first-order valence-electron chi connectivity index (χ1n) is 7.49. The van der Waals surface area contributed by atoms with Gasteiger partial charge < -0.3 is 14.5 Å². The van der Waals surface area contributed by atoms with Crippen molar-refractivity contribution in [2.24, 2.45) is 0 Å². The summed E-state index contributed by atoms with van der Waals surface area (Å²) >= 11 is 0. The van der Waals surface area contributed by atoms with E-state index in [0.717, 1.165) is 26.3 Å². The van der Waals surface area contributed by atoms with Gasteiger partial charge in [0.15, 0.2) is 0 Å². The normalized spacial score (nSPS) is 9.67. The van der Waals surface area contributed by atoms with Crippen molar-refractivity contribution in [1.29, 1.82) is 0 Å². The Balaban J connectivity index is -0.000000225. The summed E-state index contributed by atoms with van der Waals surface area (Å²) < 4.78 is 5.16. The van der Waals surface area contributed by atoms with Crippen molar-refractivity contribution < 1.29 is 4.74 Å². The summed E-state index contributed by atoms with van der Waals surface area (Å²) in [6.07, 6.45) is 2.63. The van der Waals surface area contributed by atoms with E-state index in [2.05, 4.69) is 44.8 Å². The lowest BCUT2D eigenvalue weighted by molar-refractivity contribution is 0.124. The molecule has 114 valence electrons. The summed E-state index contributed by atoms with van der Waals surface area (Å²) in [6, 6.07) is 0. The van der Waals surface area contributed by atoms with Gasteiger partial charge in [-0.1, -0.05) is 34.1 Å². The van der Waals surface area contributed by atoms with Crippen LogP contribution in [0.25, 0.3) is 0 Å². The summed E-state index contributed by atoms with van der Waals surface area (Å²) in [5, 5.41) is 0. The fourth-order valence-electron chi connectivity index (χ4n) is 0.997. The Morgan fingerprint density at radius 1 is 0.889 bits per heavy atom. The molecule has 0 saturated heterocycles. The van der Waals surface area contributed by atoms with Crippen LogP contribution in [0.3, 0.4) is 0 Å². The van der Waals surface area contributed by atoms with E-state index in [9.17, 15) is 0 Å². The Morgan fingerprint density at radius 2 is 1.44 bits per heavy atom. The van der Waals surface area contributed by atoms with Crippen LogP contribution in [-0.2, 0) is 4.74 Å². The molecule has 0 aliphatic carbocycles. The van der Waals surface area contributed by atoms with E-state index < -0.39 is 0 Å². The molecule has 0 unspecified atom stereocenters. The maximum Gasteiger partial charge on any atom is 0.0593 e. The van der Waals surface area contributed by atoms with Crippen LogP contribution in [0.1, 0.15) is 47.5 Å². The standard InChI is InChI=1S/C7H17NO.C6H15N.C2H6/c1-4-8(3)6-7-9-5-2;1-4-5-6-7(2)3;1-2/h4-7H2,1-3H3;4-6H2,1-3H3;1-2H3. The van der Waals surface area contributed by atoms with Crippen LogP contribution in [0.15, 0.2) is 0 Å². The molecule has 18 heavy (non-hydrogen) atoms. The minimum atomic E-state index is 0.831. The molecule has 0 aliphatic rings. The van der Waals surface area contributed by atoms with Crippen molar-refractivity contribution in [1.82, 2.24) is 9.80 Å². The van der Waals surface area contributed by atoms with Gasteiger partial charge in [-0.25, -0.2) is 0 Å². The topological polar surface area (TPSA) is 15.7 Å². The van der Waals surface area contributed by atoms with Crippen LogP contribution < -0.4 is 0 Å². The molecule has 0 heterocycles. The molecule has 0 fully saturated rings. The number of hydrogen-bond donors (Lipinski definition) is 0. The third kappa shape index (κ3) is 29.7. The average molecular weight is 262 g/mol. The van der Waals surface area contributed by atoms with E-state index in [-0.39, 0.29) is 0 Å². The van der Waals surface area contributed by atoms with E-state index >= 15 is 0 Å². The van der Waals surface area contributed by atoms with Crippen molar-refractivity contribution in [2.45, 2.75) is 47.5 Å². The Labute approximate surface area is 116 Å². The first-order chi connectivity index (χ1) is 8.58. The van der Waals surface area contributed by atoms with Crippen molar-refractivity contribution >= 4 is 0 Å². The van der Waals surface area contributed by atoms with E-state index in [4.69, 9.17) is 4.74 Å². The molecular formula is C15H38N2O. The van der Waals surface area contributed by atoms with Crippen molar-refractivity contribution in [3.63, 3.8) is 0 Å². The van der Waals surface area contributed by atoms with Crippen molar-refractivity contribution in [2.75, 3.05) is 54.0 Å². The fourth-order valence-corrected chi connectivity index (χ4v) is 0.997. The molecule has 0 atom stereocenters. The number of rotatable bonds is 8. The quantitative estimate of drug-likeness (QED) is 0.624. The summed E-state index contributed by atoms with van der Waals surface area (Å²) in [7, 11) is 6.31. The number of hydrogen-bond acceptors (Lipinski definition) is 3. The predicted molar refractivity (Wildman–Crippen MR) is 84.5 cm³/mol. The average Bonchev–Trinajstić information content (AvgIpc) is 2.39. The summed E-state index contributed by atoms with van der Waals surface area (Å²) in [4.78, 5) is 4.44. The lowest BCUT2D eigenvalue weighted by Crippen LogP contribution is -2.22. The predicted octanol–water partition coefficient (Wildman–Crippen LogP) is 3.35. The number of ether oxygens (including phenoxy) is 1. The molecule has 0 saturated carbocycles. The summed E-state index contributed by atoms with van der Waals surface area (Å²) in [5.74, 6) is 0. The molecule has 0 N–H and O–H groups in total. The lowest BCUT2D eigenvalue weighted by Gasteiger charge is -2.12. The monoisotopic (exact) mass is 262 g/mol. The second-order valence-electron chi connectivity index (χ2n) is 4.25. The molecule has 3 nitrogen and oxygen atoms in total. The molecule has 0 rings (SSSR count). The molecule has 3 heteroatoms. The molecule has 0 aromatic heterocycles. The molecule has 0 bridgehead atoms. The Morgan fingerprint density at radius 3 is 1.72 bits per heavy atom. The lowest BCUT2D eigenvalue weighted by atomic mass is 10.3. The Kier molecular flexibility index (Phi) is 28.2. The van der Waals surface area contributed by atoms with Crippen molar-refractivity contribution in [3.05, 3.63) is 0 Å². The summed E-state index contributed by atoms with van der Waals surface area (Å²) in [6.45, 7) is 15.5. The van der Waals surface area contributed by atoms with Crippen LogP contribution in [0.5, 0.6) is 0 Å². The van der Waals surface area contributed by atoms with E-state index in [1.165, 1.54) is 19.4 Å². The fraction of sp³-hybridized carbons (Fsp3) is 1.00. The second-order valence-corrected chi connectivity index (χ2v) is 4.25. The SMILES string of the molecule is CC.CCCCN(C)C.CCOCCN(C)CC. The highest BCUT2D eigenvalue weighted by atomic mass is 16.5. The summed E-state index contributed by atoms with van der Waals surface area (Å²) in [5.41, 5.74) is 0. The van der Waals surface area contributed by atoms with E-state index in [1.54, 1.807) is 0 Å². The van der Waals surface area contributed by atoms with Gasteiger partial charge in [0.2, 0.25) is 0 Å². The highest BCUT2D eigenvalue weighted by molar-refractivity contribution is 4.43. The number of unbranched alkanes of at least 4 members (excludes halogenated alkanes) is 1. The van der Waals surface area contributed by atoms with Gasteiger partial charge in [-0.3, -0.25) is 0 Å². The molecule has 0 amide bonds. The molecule has 0 radical (unpaired) electrons. The van der Waals surface area contributed by atoms with E-state index in [1.807, 2.05) is 20.8 Å². The zero-order chi connectivity index (χ0) is 14.8. The molecule has 0 aliphatic heterocycles.